The topological polar surface area (TPSA) is 69.6 Å². The minimum absolute atomic E-state index is 0.0100. The van der Waals surface area contributed by atoms with Crippen LogP contribution in [0.4, 0.5) is 0 Å². The molecule has 1 aliphatic rings. The molecule has 5 nitrogen and oxygen atoms in total. The van der Waals surface area contributed by atoms with E-state index in [4.69, 9.17) is 0 Å². The number of nitrogens with zero attached hydrogens (tertiary/aromatic N) is 1. The molecule has 2 amide bonds. The zero-order chi connectivity index (χ0) is 18.7. The lowest BCUT2D eigenvalue weighted by atomic mass is 9.96. The summed E-state index contributed by atoms with van der Waals surface area (Å²) in [5, 5.41) is 13.1. The lowest BCUT2D eigenvalue weighted by Crippen LogP contribution is -2.40. The van der Waals surface area contributed by atoms with Crippen LogP contribution in [0.5, 0.6) is 0 Å². The Balaban J connectivity index is 2.02. The molecule has 0 spiro atoms. The van der Waals surface area contributed by atoms with Crippen LogP contribution in [-0.2, 0) is 0 Å². The zero-order valence-corrected chi connectivity index (χ0v) is 15.8. The molecule has 1 aromatic carbocycles. The predicted molar refractivity (Wildman–Crippen MR) is 98.6 cm³/mol. The second-order valence-electron chi connectivity index (χ2n) is 8.42. The summed E-state index contributed by atoms with van der Waals surface area (Å²) in [6.07, 6.45) is 3.44. The first-order chi connectivity index (χ1) is 11.6. The summed E-state index contributed by atoms with van der Waals surface area (Å²) in [7, 11) is 1.77. The Morgan fingerprint density at radius 1 is 1.20 bits per heavy atom. The minimum atomic E-state index is -0.782. The van der Waals surface area contributed by atoms with Crippen molar-refractivity contribution in [3.8, 4) is 0 Å². The van der Waals surface area contributed by atoms with E-state index in [0.717, 1.165) is 25.7 Å². The molecule has 0 unspecified atom stereocenters. The molecule has 1 fully saturated rings. The number of rotatable bonds is 5. The van der Waals surface area contributed by atoms with Crippen LogP contribution in [0.25, 0.3) is 0 Å². The molecule has 0 radical (unpaired) electrons. The summed E-state index contributed by atoms with van der Waals surface area (Å²) in [5.74, 6) is -0.354. The zero-order valence-electron chi connectivity index (χ0n) is 15.8. The van der Waals surface area contributed by atoms with E-state index in [0.29, 0.717) is 17.7 Å². The molecule has 25 heavy (non-hydrogen) atoms. The fraction of sp³-hybridized carbons (Fsp3) is 0.600. The van der Waals surface area contributed by atoms with Crippen molar-refractivity contribution in [1.82, 2.24) is 10.2 Å². The van der Waals surface area contributed by atoms with E-state index in [1.54, 1.807) is 36.2 Å². The van der Waals surface area contributed by atoms with Gasteiger partial charge in [-0.1, -0.05) is 39.7 Å². The average molecular weight is 346 g/mol. The largest absolute Gasteiger partial charge is 0.388 e. The maximum Gasteiger partial charge on any atom is 0.253 e. The predicted octanol–water partition coefficient (Wildman–Crippen LogP) is 2.84. The first-order valence-corrected chi connectivity index (χ1v) is 8.96. The highest BCUT2D eigenvalue weighted by molar-refractivity contribution is 5.99. The van der Waals surface area contributed by atoms with Gasteiger partial charge in [0.15, 0.2) is 0 Å². The molecule has 0 atom stereocenters. The third-order valence-electron chi connectivity index (χ3n) is 4.54. The van der Waals surface area contributed by atoms with Gasteiger partial charge >= 0.3 is 0 Å². The van der Waals surface area contributed by atoms with E-state index in [9.17, 15) is 14.7 Å². The fourth-order valence-corrected chi connectivity index (χ4v) is 3.35. The third kappa shape index (κ3) is 5.56. The first kappa shape index (κ1) is 19.4. The van der Waals surface area contributed by atoms with Crippen LogP contribution in [0.3, 0.4) is 0 Å². The number of hydrogen-bond donors (Lipinski definition) is 2. The second-order valence-corrected chi connectivity index (χ2v) is 8.42. The number of aliphatic hydroxyl groups is 1. The molecule has 1 aliphatic carbocycles. The highest BCUT2D eigenvalue weighted by Gasteiger charge is 2.31. The molecule has 1 saturated carbocycles. The first-order valence-electron chi connectivity index (χ1n) is 8.96. The number of carbonyl (C=O) groups excluding carboxylic acids is 2. The molecule has 0 aliphatic heterocycles. The number of amides is 2. The Labute approximate surface area is 150 Å². The van der Waals surface area contributed by atoms with Gasteiger partial charge in [-0.05, 0) is 36.5 Å². The Morgan fingerprint density at radius 2 is 1.80 bits per heavy atom. The Hall–Kier alpha value is -1.88. The van der Waals surface area contributed by atoms with Gasteiger partial charge in [-0.25, -0.2) is 0 Å². The summed E-state index contributed by atoms with van der Waals surface area (Å²) in [4.78, 5) is 26.6. The van der Waals surface area contributed by atoms with Crippen molar-refractivity contribution in [2.45, 2.75) is 52.1 Å². The number of nitrogens with one attached hydrogen (secondary N) is 1. The Morgan fingerprint density at radius 3 is 2.40 bits per heavy atom. The van der Waals surface area contributed by atoms with Gasteiger partial charge in [0.1, 0.15) is 0 Å². The van der Waals surface area contributed by atoms with Gasteiger partial charge in [-0.3, -0.25) is 9.59 Å². The van der Waals surface area contributed by atoms with Gasteiger partial charge in [0.2, 0.25) is 0 Å². The van der Waals surface area contributed by atoms with E-state index in [2.05, 4.69) is 26.1 Å². The quantitative estimate of drug-likeness (QED) is 0.861. The Bertz CT molecular complexity index is 628. The van der Waals surface area contributed by atoms with Crippen molar-refractivity contribution in [3.63, 3.8) is 0 Å². The van der Waals surface area contributed by atoms with E-state index in [1.165, 1.54) is 0 Å². The highest BCUT2D eigenvalue weighted by atomic mass is 16.3. The molecule has 2 rings (SSSR count). The summed E-state index contributed by atoms with van der Waals surface area (Å²) in [5.41, 5.74) is 0.169. The van der Waals surface area contributed by atoms with E-state index in [-0.39, 0.29) is 23.8 Å². The molecule has 0 saturated heterocycles. The van der Waals surface area contributed by atoms with Crippen molar-refractivity contribution in [3.05, 3.63) is 35.4 Å². The summed E-state index contributed by atoms with van der Waals surface area (Å²) in [6.45, 7) is 7.13. The van der Waals surface area contributed by atoms with Gasteiger partial charge in [-0.2, -0.15) is 0 Å². The van der Waals surface area contributed by atoms with E-state index < -0.39 is 5.60 Å². The van der Waals surface area contributed by atoms with E-state index in [1.807, 2.05) is 0 Å². The Kier molecular flexibility index (Phi) is 5.88. The van der Waals surface area contributed by atoms with Crippen molar-refractivity contribution in [2.24, 2.45) is 5.41 Å². The molecular weight excluding hydrogens is 316 g/mol. The van der Waals surface area contributed by atoms with Crippen molar-refractivity contribution < 1.29 is 14.7 Å². The van der Waals surface area contributed by atoms with Crippen LogP contribution >= 0.6 is 0 Å². The van der Waals surface area contributed by atoms with E-state index >= 15 is 0 Å². The van der Waals surface area contributed by atoms with Crippen LogP contribution in [0.1, 0.15) is 67.2 Å². The standard InChI is InChI=1S/C20H30N2O3/c1-19(2,3)14-22(4)18(24)16-9-7-8-15(12-16)17(23)21-13-20(25)10-5-6-11-20/h7-9,12,25H,5-6,10-11,13-14H2,1-4H3,(H,21,23). The number of benzene rings is 1. The lowest BCUT2D eigenvalue weighted by Gasteiger charge is -2.26. The van der Waals surface area contributed by atoms with Crippen molar-refractivity contribution in [2.75, 3.05) is 20.1 Å². The van der Waals surface area contributed by atoms with Crippen LogP contribution in [-0.4, -0.2) is 47.6 Å². The molecule has 5 heteroatoms. The summed E-state index contributed by atoms with van der Waals surface area (Å²) >= 11 is 0. The molecule has 138 valence electrons. The van der Waals surface area contributed by atoms with Crippen LogP contribution < -0.4 is 5.32 Å². The normalized spacial score (nSPS) is 16.5. The third-order valence-corrected chi connectivity index (χ3v) is 4.54. The molecule has 0 aromatic heterocycles. The fourth-order valence-electron chi connectivity index (χ4n) is 3.35. The van der Waals surface area contributed by atoms with Crippen LogP contribution in [0.15, 0.2) is 24.3 Å². The molecule has 0 bridgehead atoms. The molecule has 1 aromatic rings. The number of carbonyl (C=O) groups is 2. The van der Waals surface area contributed by atoms with Crippen LogP contribution in [0, 0.1) is 5.41 Å². The maximum atomic E-state index is 12.6. The monoisotopic (exact) mass is 346 g/mol. The molecule has 0 heterocycles. The van der Waals surface area contributed by atoms with Crippen molar-refractivity contribution >= 4 is 11.8 Å². The molecular formula is C20H30N2O3. The van der Waals surface area contributed by atoms with Crippen molar-refractivity contribution in [1.29, 1.82) is 0 Å². The second kappa shape index (κ2) is 7.56. The van der Waals surface area contributed by atoms with Crippen LogP contribution in [0.2, 0.25) is 0 Å². The minimum Gasteiger partial charge on any atom is -0.388 e. The van der Waals surface area contributed by atoms with Gasteiger partial charge in [0, 0.05) is 31.3 Å². The highest BCUT2D eigenvalue weighted by Crippen LogP contribution is 2.28. The SMILES string of the molecule is CN(CC(C)(C)C)C(=O)c1cccc(C(=O)NCC2(O)CCCC2)c1. The average Bonchev–Trinajstić information content (AvgIpc) is 2.97. The van der Waals surface area contributed by atoms with Gasteiger partial charge in [0.25, 0.3) is 11.8 Å². The summed E-state index contributed by atoms with van der Waals surface area (Å²) in [6, 6.07) is 6.75. The smallest absolute Gasteiger partial charge is 0.253 e. The lowest BCUT2D eigenvalue weighted by molar-refractivity contribution is 0.0449. The summed E-state index contributed by atoms with van der Waals surface area (Å²) < 4.78 is 0. The maximum absolute atomic E-state index is 12.6. The number of hydrogen-bond acceptors (Lipinski definition) is 3. The van der Waals surface area contributed by atoms with Gasteiger partial charge < -0.3 is 15.3 Å². The van der Waals surface area contributed by atoms with Gasteiger partial charge in [0.05, 0.1) is 5.60 Å². The van der Waals surface area contributed by atoms with Gasteiger partial charge in [-0.15, -0.1) is 0 Å². The molecule has 2 N–H and O–H groups in total.